The largest absolute Gasteiger partial charge is 1.00 e. The smallest absolute Gasteiger partial charge is 0.254 e. The lowest BCUT2D eigenvalue weighted by atomic mass is 10.1. The van der Waals surface area contributed by atoms with Gasteiger partial charge in [-0.15, -0.1) is 0 Å². The van der Waals surface area contributed by atoms with Crippen molar-refractivity contribution in [3.63, 3.8) is 0 Å². The summed E-state index contributed by atoms with van der Waals surface area (Å²) in [5, 5.41) is 0. The molecule has 0 amide bonds. The number of rotatable bonds is 14. The van der Waals surface area contributed by atoms with Crippen LogP contribution in [-0.4, -0.2) is 4.57 Å². The third-order valence-electron chi connectivity index (χ3n) is 5.04. The third-order valence-corrected chi connectivity index (χ3v) is 5.04. The van der Waals surface area contributed by atoms with Gasteiger partial charge in [0, 0.05) is 13.3 Å². The van der Waals surface area contributed by atoms with Gasteiger partial charge in [0.15, 0.2) is 6.54 Å². The topological polar surface area (TPSA) is 8.81 Å². The molecule has 3 heteroatoms. The molecule has 0 N–H and O–H groups in total. The third kappa shape index (κ3) is 12.0. The van der Waals surface area contributed by atoms with Gasteiger partial charge in [0.1, 0.15) is 12.4 Å². The minimum Gasteiger partial charge on any atom is -1.00 e. The van der Waals surface area contributed by atoms with Gasteiger partial charge in [-0.2, -0.15) is 0 Å². The van der Waals surface area contributed by atoms with Gasteiger partial charge in [-0.1, -0.05) is 83.5 Å². The number of aryl methyl sites for hydroxylation is 1. The highest BCUT2D eigenvalue weighted by Crippen LogP contribution is 2.09. The summed E-state index contributed by atoms with van der Waals surface area (Å²) >= 11 is 0. The van der Waals surface area contributed by atoms with Crippen molar-refractivity contribution in [1.29, 1.82) is 0 Å². The summed E-state index contributed by atoms with van der Waals surface area (Å²) < 4.78 is 4.67. The number of aromatic nitrogens is 2. The average molecular weight is 472 g/mol. The minimum atomic E-state index is 0. The summed E-state index contributed by atoms with van der Waals surface area (Å²) in [6.07, 6.45) is 21.8. The average Bonchev–Trinajstić information content (AvgIpc) is 2.97. The Hall–Kier alpha value is -0.500. The molecule has 0 saturated carbocycles. The fraction of sp³-hybridized carbons (Fsp3) is 0.783. The Kier molecular flexibility index (Phi) is 17.5. The minimum absolute atomic E-state index is 0. The van der Waals surface area contributed by atoms with Crippen LogP contribution in [0.5, 0.6) is 0 Å². The van der Waals surface area contributed by atoms with E-state index in [0.29, 0.717) is 0 Å². The molecule has 1 aromatic rings. The van der Waals surface area contributed by atoms with E-state index in [1.807, 2.05) is 0 Å². The fourth-order valence-electron chi connectivity index (χ4n) is 3.23. The molecule has 1 rings (SSSR count). The lowest BCUT2D eigenvalue weighted by Gasteiger charge is -2.02. The normalized spacial score (nSPS) is 10.3. The number of imidazole rings is 1. The van der Waals surface area contributed by atoms with Crippen LogP contribution in [0.4, 0.5) is 0 Å². The molecule has 0 aliphatic carbocycles. The van der Waals surface area contributed by atoms with E-state index in [0.717, 1.165) is 19.5 Å². The molecule has 0 aromatic carbocycles. The maximum atomic E-state index is 3.32. The Labute approximate surface area is 180 Å². The van der Waals surface area contributed by atoms with Crippen LogP contribution in [0.3, 0.4) is 0 Å². The van der Waals surface area contributed by atoms with Crippen LogP contribution in [-0.2, 0) is 13.1 Å². The van der Waals surface area contributed by atoms with Gasteiger partial charge in [0.05, 0.1) is 6.54 Å². The maximum absolute atomic E-state index is 3.32. The van der Waals surface area contributed by atoms with Gasteiger partial charge < -0.3 is 24.0 Å². The van der Waals surface area contributed by atoms with Crippen LogP contribution in [0, 0.1) is 18.8 Å². The number of hydrogen-bond acceptors (Lipinski definition) is 0. The molecule has 26 heavy (non-hydrogen) atoms. The Bertz CT molecular complexity index is 496. The second-order valence-corrected chi connectivity index (χ2v) is 7.31. The standard InChI is InChI=1S/C23H41N2.HI/c1-4-6-8-10-12-13-14-16-18-20-25-22-21-24(23(25)3)19-17-15-11-9-7-5-2;/h21-22H,4-14,16,18-20H2,1-3H3;1H/q+1;/p-1. The first kappa shape index (κ1) is 25.5. The molecular formula is C23H41IN2. The van der Waals surface area contributed by atoms with Gasteiger partial charge in [-0.25, -0.2) is 9.13 Å². The summed E-state index contributed by atoms with van der Waals surface area (Å²) in [6, 6.07) is 0. The van der Waals surface area contributed by atoms with Crippen molar-refractivity contribution in [3.8, 4) is 11.8 Å². The summed E-state index contributed by atoms with van der Waals surface area (Å²) in [4.78, 5) is 0. The number of nitrogens with zero attached hydrogens (tertiary/aromatic N) is 2. The molecule has 0 unspecified atom stereocenters. The first-order valence-corrected chi connectivity index (χ1v) is 10.8. The highest BCUT2D eigenvalue weighted by Gasteiger charge is 2.10. The molecule has 0 bridgehead atoms. The van der Waals surface area contributed by atoms with Crippen molar-refractivity contribution < 1.29 is 28.5 Å². The van der Waals surface area contributed by atoms with Gasteiger partial charge in [0.25, 0.3) is 5.82 Å². The van der Waals surface area contributed by atoms with Crippen LogP contribution in [0.15, 0.2) is 12.4 Å². The monoisotopic (exact) mass is 472 g/mol. The molecule has 0 radical (unpaired) electrons. The van der Waals surface area contributed by atoms with Crippen molar-refractivity contribution in [2.75, 3.05) is 0 Å². The van der Waals surface area contributed by atoms with Crippen LogP contribution in [0.25, 0.3) is 0 Å². The zero-order chi connectivity index (χ0) is 18.2. The molecule has 0 aliphatic heterocycles. The van der Waals surface area contributed by atoms with Crippen molar-refractivity contribution in [1.82, 2.24) is 4.57 Å². The lowest BCUT2D eigenvalue weighted by molar-refractivity contribution is -0.702. The van der Waals surface area contributed by atoms with E-state index in [9.17, 15) is 0 Å². The van der Waals surface area contributed by atoms with Gasteiger partial charge in [-0.3, -0.25) is 0 Å². The molecule has 0 fully saturated rings. The molecule has 0 atom stereocenters. The van der Waals surface area contributed by atoms with Crippen molar-refractivity contribution in [2.24, 2.45) is 0 Å². The SMILES string of the molecule is CCCCCC#CCn1cc[n+](CCCCCCCCCCC)c1C.[I-]. The zero-order valence-electron chi connectivity index (χ0n) is 17.5. The predicted molar refractivity (Wildman–Crippen MR) is 109 cm³/mol. The highest BCUT2D eigenvalue weighted by molar-refractivity contribution is 5.00. The first-order valence-electron chi connectivity index (χ1n) is 10.8. The maximum Gasteiger partial charge on any atom is 0.254 e. The van der Waals surface area contributed by atoms with E-state index in [1.165, 1.54) is 82.9 Å². The second kappa shape index (κ2) is 17.9. The summed E-state index contributed by atoms with van der Waals surface area (Å²) in [7, 11) is 0. The fourth-order valence-corrected chi connectivity index (χ4v) is 3.23. The Morgan fingerprint density at radius 1 is 0.808 bits per heavy atom. The quantitative estimate of drug-likeness (QED) is 0.170. The predicted octanol–water partition coefficient (Wildman–Crippen LogP) is 3.20. The van der Waals surface area contributed by atoms with Gasteiger partial charge in [-0.05, 0) is 19.3 Å². The highest BCUT2D eigenvalue weighted by atomic mass is 127. The van der Waals surface area contributed by atoms with E-state index in [1.54, 1.807) is 0 Å². The summed E-state index contributed by atoms with van der Waals surface area (Å²) in [6.45, 7) is 8.73. The van der Waals surface area contributed by atoms with E-state index in [-0.39, 0.29) is 24.0 Å². The zero-order valence-corrected chi connectivity index (χ0v) is 19.7. The molecule has 0 saturated heterocycles. The van der Waals surface area contributed by atoms with Crippen molar-refractivity contribution in [3.05, 3.63) is 18.2 Å². The second-order valence-electron chi connectivity index (χ2n) is 7.31. The lowest BCUT2D eigenvalue weighted by Crippen LogP contribution is -3.00. The molecule has 2 nitrogen and oxygen atoms in total. The Balaban J connectivity index is 0.00000625. The molecule has 0 aliphatic rings. The van der Waals surface area contributed by atoms with E-state index >= 15 is 0 Å². The summed E-state index contributed by atoms with van der Waals surface area (Å²) in [5.41, 5.74) is 0. The van der Waals surface area contributed by atoms with E-state index in [2.05, 4.69) is 54.1 Å². The Morgan fingerprint density at radius 3 is 2.04 bits per heavy atom. The number of unbranched alkanes of at least 4 members (excludes halogenated alkanes) is 11. The van der Waals surface area contributed by atoms with Crippen LogP contribution in [0.1, 0.15) is 103 Å². The van der Waals surface area contributed by atoms with Crippen molar-refractivity contribution >= 4 is 0 Å². The van der Waals surface area contributed by atoms with Crippen LogP contribution < -0.4 is 28.5 Å². The number of hydrogen-bond donors (Lipinski definition) is 0. The summed E-state index contributed by atoms with van der Waals surface area (Å²) in [5.74, 6) is 7.96. The van der Waals surface area contributed by atoms with Gasteiger partial charge >= 0.3 is 0 Å². The van der Waals surface area contributed by atoms with Crippen LogP contribution in [0.2, 0.25) is 0 Å². The van der Waals surface area contributed by atoms with E-state index in [4.69, 9.17) is 0 Å². The molecule has 0 spiro atoms. The van der Waals surface area contributed by atoms with Gasteiger partial charge in [0.2, 0.25) is 0 Å². The number of halogens is 1. The molecule has 1 aromatic heterocycles. The van der Waals surface area contributed by atoms with Crippen LogP contribution >= 0.6 is 0 Å². The Morgan fingerprint density at radius 2 is 1.38 bits per heavy atom. The van der Waals surface area contributed by atoms with E-state index < -0.39 is 0 Å². The molecular weight excluding hydrogens is 431 g/mol. The molecule has 1 heterocycles. The molecule has 150 valence electrons. The van der Waals surface area contributed by atoms with Crippen molar-refractivity contribution in [2.45, 2.75) is 117 Å². The first-order chi connectivity index (χ1) is 12.3.